The first-order chi connectivity index (χ1) is 12.7. The van der Waals surface area contributed by atoms with E-state index >= 15 is 0 Å². The predicted octanol–water partition coefficient (Wildman–Crippen LogP) is 3.39. The number of piperidine rings is 2. The van der Waals surface area contributed by atoms with Crippen LogP contribution in [0.2, 0.25) is 0 Å². The van der Waals surface area contributed by atoms with Crippen molar-refractivity contribution in [2.24, 2.45) is 5.92 Å². The quantitative estimate of drug-likeness (QED) is 0.845. The van der Waals surface area contributed by atoms with E-state index in [2.05, 4.69) is 17.9 Å². The molecule has 1 atom stereocenters. The molecule has 0 saturated carbocycles. The number of rotatable bonds is 4. The topological polar surface area (TPSA) is 41.4 Å². The number of aromatic nitrogens is 2. The van der Waals surface area contributed by atoms with Crippen LogP contribution >= 0.6 is 0 Å². The van der Waals surface area contributed by atoms with Crippen molar-refractivity contribution in [1.82, 2.24) is 19.6 Å². The molecule has 5 nitrogen and oxygen atoms in total. The SMILES string of the molecule is C[C@H]1CCCN(C(=O)c2nn(CCN3CCCCC3)c3ccccc23)C1. The summed E-state index contributed by atoms with van der Waals surface area (Å²) in [5, 5.41) is 5.77. The fourth-order valence-corrected chi connectivity index (χ4v) is 4.40. The minimum absolute atomic E-state index is 0.101. The molecule has 0 unspecified atom stereocenters. The molecule has 2 aromatic rings. The summed E-state index contributed by atoms with van der Waals surface area (Å²) < 4.78 is 2.05. The van der Waals surface area contributed by atoms with Crippen molar-refractivity contribution < 1.29 is 4.79 Å². The number of hydrogen-bond donors (Lipinski definition) is 0. The number of benzene rings is 1. The van der Waals surface area contributed by atoms with Gasteiger partial charge in [-0.1, -0.05) is 31.5 Å². The van der Waals surface area contributed by atoms with Crippen LogP contribution in [0.25, 0.3) is 10.9 Å². The molecule has 0 bridgehead atoms. The first kappa shape index (κ1) is 17.5. The molecular formula is C21H30N4O. The number of amides is 1. The average Bonchev–Trinajstić information content (AvgIpc) is 3.05. The van der Waals surface area contributed by atoms with Gasteiger partial charge in [0.15, 0.2) is 5.69 Å². The highest BCUT2D eigenvalue weighted by molar-refractivity contribution is 6.04. The van der Waals surface area contributed by atoms with E-state index in [-0.39, 0.29) is 5.91 Å². The van der Waals surface area contributed by atoms with Crippen LogP contribution in [0.1, 0.15) is 49.5 Å². The van der Waals surface area contributed by atoms with Gasteiger partial charge in [0.25, 0.3) is 5.91 Å². The summed E-state index contributed by atoms with van der Waals surface area (Å²) in [6.07, 6.45) is 6.27. The largest absolute Gasteiger partial charge is 0.337 e. The first-order valence-electron chi connectivity index (χ1n) is 10.2. The molecule has 1 aromatic carbocycles. The van der Waals surface area contributed by atoms with Gasteiger partial charge in [-0.05, 0) is 50.8 Å². The Labute approximate surface area is 155 Å². The van der Waals surface area contributed by atoms with E-state index in [1.165, 1.54) is 38.8 Å². The number of nitrogens with zero attached hydrogens (tertiary/aromatic N) is 4. The molecule has 2 aliphatic rings. The van der Waals surface area contributed by atoms with E-state index in [0.717, 1.165) is 43.5 Å². The number of hydrogen-bond acceptors (Lipinski definition) is 3. The van der Waals surface area contributed by atoms with E-state index < -0.39 is 0 Å². The number of para-hydroxylation sites is 1. The lowest BCUT2D eigenvalue weighted by molar-refractivity contribution is 0.0678. The van der Waals surface area contributed by atoms with Gasteiger partial charge in [0.2, 0.25) is 0 Å². The van der Waals surface area contributed by atoms with Crippen molar-refractivity contribution in [2.45, 2.75) is 45.6 Å². The van der Waals surface area contributed by atoms with E-state index in [1.54, 1.807) is 0 Å². The van der Waals surface area contributed by atoms with Crippen LogP contribution < -0.4 is 0 Å². The van der Waals surface area contributed by atoms with Gasteiger partial charge < -0.3 is 9.80 Å². The zero-order chi connectivity index (χ0) is 17.9. The van der Waals surface area contributed by atoms with Crippen LogP contribution in [0.4, 0.5) is 0 Å². The van der Waals surface area contributed by atoms with Crippen LogP contribution in [-0.2, 0) is 6.54 Å². The third kappa shape index (κ3) is 3.63. The molecule has 0 N–H and O–H groups in total. The van der Waals surface area contributed by atoms with Crippen LogP contribution in [0.15, 0.2) is 24.3 Å². The van der Waals surface area contributed by atoms with E-state index in [4.69, 9.17) is 5.10 Å². The van der Waals surface area contributed by atoms with Crippen molar-refractivity contribution in [2.75, 3.05) is 32.7 Å². The minimum Gasteiger partial charge on any atom is -0.337 e. The lowest BCUT2D eigenvalue weighted by atomic mass is 10.00. The van der Waals surface area contributed by atoms with Gasteiger partial charge in [-0.15, -0.1) is 0 Å². The zero-order valence-electron chi connectivity index (χ0n) is 15.9. The molecule has 1 aromatic heterocycles. The Bertz CT molecular complexity index is 762. The summed E-state index contributed by atoms with van der Waals surface area (Å²) in [7, 11) is 0. The second-order valence-electron chi connectivity index (χ2n) is 7.99. The van der Waals surface area contributed by atoms with Crippen molar-refractivity contribution in [3.63, 3.8) is 0 Å². The molecule has 26 heavy (non-hydrogen) atoms. The normalized spacial score (nSPS) is 22.0. The summed E-state index contributed by atoms with van der Waals surface area (Å²) in [4.78, 5) is 17.6. The maximum absolute atomic E-state index is 13.1. The number of likely N-dealkylation sites (tertiary alicyclic amines) is 2. The van der Waals surface area contributed by atoms with E-state index in [9.17, 15) is 4.79 Å². The number of carbonyl (C=O) groups excluding carboxylic acids is 1. The van der Waals surface area contributed by atoms with E-state index in [0.29, 0.717) is 11.6 Å². The average molecular weight is 354 g/mol. The summed E-state index contributed by atoms with van der Waals surface area (Å²) >= 11 is 0. The Morgan fingerprint density at radius 1 is 1.08 bits per heavy atom. The van der Waals surface area contributed by atoms with Crippen LogP contribution in [-0.4, -0.2) is 58.2 Å². The Hall–Kier alpha value is -1.88. The third-order valence-corrected chi connectivity index (χ3v) is 5.88. The molecule has 2 fully saturated rings. The highest BCUT2D eigenvalue weighted by Gasteiger charge is 2.26. The highest BCUT2D eigenvalue weighted by atomic mass is 16.2. The van der Waals surface area contributed by atoms with Crippen LogP contribution in [0, 0.1) is 5.92 Å². The maximum atomic E-state index is 13.1. The van der Waals surface area contributed by atoms with Gasteiger partial charge in [-0.25, -0.2) is 0 Å². The summed E-state index contributed by atoms with van der Waals surface area (Å²) in [5.74, 6) is 0.685. The standard InChI is InChI=1S/C21H30N4O/c1-17-8-7-13-24(16-17)21(26)20-18-9-3-4-10-19(18)25(22-20)15-14-23-11-5-2-6-12-23/h3-4,9-10,17H,2,5-8,11-16H2,1H3/t17-/m0/s1. The minimum atomic E-state index is 0.101. The fourth-order valence-electron chi connectivity index (χ4n) is 4.40. The number of carbonyl (C=O) groups is 1. The maximum Gasteiger partial charge on any atom is 0.275 e. The second-order valence-corrected chi connectivity index (χ2v) is 7.99. The van der Waals surface area contributed by atoms with Gasteiger partial charge in [0, 0.05) is 25.0 Å². The van der Waals surface area contributed by atoms with E-state index in [1.807, 2.05) is 27.8 Å². The first-order valence-corrected chi connectivity index (χ1v) is 10.2. The fraction of sp³-hybridized carbons (Fsp3) is 0.619. The van der Waals surface area contributed by atoms with Gasteiger partial charge in [0.1, 0.15) is 0 Å². The second kappa shape index (κ2) is 7.78. The molecule has 3 heterocycles. The van der Waals surface area contributed by atoms with Gasteiger partial charge in [-0.2, -0.15) is 5.10 Å². The summed E-state index contributed by atoms with van der Waals surface area (Å²) in [5.41, 5.74) is 1.71. The smallest absolute Gasteiger partial charge is 0.275 e. The molecule has 2 saturated heterocycles. The zero-order valence-corrected chi connectivity index (χ0v) is 15.9. The van der Waals surface area contributed by atoms with Gasteiger partial charge in [0.05, 0.1) is 12.1 Å². The van der Waals surface area contributed by atoms with Crippen molar-refractivity contribution >= 4 is 16.8 Å². The lowest BCUT2D eigenvalue weighted by Gasteiger charge is -2.30. The molecule has 0 radical (unpaired) electrons. The summed E-state index contributed by atoms with van der Waals surface area (Å²) in [6, 6.07) is 8.18. The van der Waals surface area contributed by atoms with Crippen molar-refractivity contribution in [3.05, 3.63) is 30.0 Å². The van der Waals surface area contributed by atoms with Crippen LogP contribution in [0.5, 0.6) is 0 Å². The molecule has 4 rings (SSSR count). The van der Waals surface area contributed by atoms with Gasteiger partial charge in [-0.3, -0.25) is 9.48 Å². The Morgan fingerprint density at radius 2 is 1.88 bits per heavy atom. The predicted molar refractivity (Wildman–Crippen MR) is 104 cm³/mol. The van der Waals surface area contributed by atoms with Crippen molar-refractivity contribution in [1.29, 1.82) is 0 Å². The Kier molecular flexibility index (Phi) is 5.25. The Morgan fingerprint density at radius 3 is 2.69 bits per heavy atom. The molecule has 0 spiro atoms. The summed E-state index contributed by atoms with van der Waals surface area (Å²) in [6.45, 7) is 8.19. The van der Waals surface area contributed by atoms with Gasteiger partial charge >= 0.3 is 0 Å². The molecular weight excluding hydrogens is 324 g/mol. The Balaban J connectivity index is 1.56. The molecule has 0 aliphatic carbocycles. The molecule has 5 heteroatoms. The molecule has 1 amide bonds. The number of fused-ring (bicyclic) bond motifs is 1. The highest BCUT2D eigenvalue weighted by Crippen LogP contribution is 2.23. The van der Waals surface area contributed by atoms with Crippen molar-refractivity contribution in [3.8, 4) is 0 Å². The molecule has 2 aliphatic heterocycles. The monoisotopic (exact) mass is 354 g/mol. The van der Waals surface area contributed by atoms with Crippen LogP contribution in [0.3, 0.4) is 0 Å². The molecule has 140 valence electrons. The third-order valence-electron chi connectivity index (χ3n) is 5.88. The lowest BCUT2D eigenvalue weighted by Crippen LogP contribution is -2.39.